The Bertz CT molecular complexity index is 515. The molecule has 100 valence electrons. The molecule has 2 aromatic heterocycles. The third-order valence-corrected chi connectivity index (χ3v) is 2.77. The van der Waals surface area contributed by atoms with Crippen LogP contribution in [-0.4, -0.2) is 40.7 Å². The Hall–Kier alpha value is -1.20. The van der Waals surface area contributed by atoms with Gasteiger partial charge in [-0.3, -0.25) is 4.48 Å². The van der Waals surface area contributed by atoms with E-state index in [0.717, 1.165) is 29.9 Å². The Morgan fingerprint density at radius 1 is 1.17 bits per heavy atom. The minimum atomic E-state index is 0. The van der Waals surface area contributed by atoms with E-state index in [0.29, 0.717) is 4.48 Å². The minimum Gasteiger partial charge on any atom is -1.00 e. The van der Waals surface area contributed by atoms with Crippen molar-refractivity contribution in [2.45, 2.75) is 26.3 Å². The first-order chi connectivity index (χ1) is 8.04. The average molecular weight is 270 g/mol. The Morgan fingerprint density at radius 3 is 2.50 bits per heavy atom. The summed E-state index contributed by atoms with van der Waals surface area (Å²) in [6.07, 6.45) is 5.82. The van der Waals surface area contributed by atoms with Gasteiger partial charge in [-0.2, -0.15) is 4.98 Å². The summed E-state index contributed by atoms with van der Waals surface area (Å²) < 4.78 is 2.77. The van der Waals surface area contributed by atoms with Crippen LogP contribution in [0.4, 0.5) is 5.82 Å². The van der Waals surface area contributed by atoms with Crippen molar-refractivity contribution >= 4 is 17.0 Å². The van der Waals surface area contributed by atoms with E-state index >= 15 is 0 Å². The lowest BCUT2D eigenvalue weighted by atomic mass is 10.3. The maximum Gasteiger partial charge on any atom is 0.258 e. The molecule has 0 atom stereocenters. The summed E-state index contributed by atoms with van der Waals surface area (Å²) in [5.74, 6) is 0.963. The molecule has 5 nitrogen and oxygen atoms in total. The van der Waals surface area contributed by atoms with Crippen LogP contribution in [0, 0.1) is 0 Å². The fraction of sp³-hybridized carbons (Fsp3) is 0.583. The number of aryl methyl sites for hydroxylation is 1. The molecule has 0 spiro atoms. The van der Waals surface area contributed by atoms with Gasteiger partial charge in [-0.1, -0.05) is 13.3 Å². The zero-order chi connectivity index (χ0) is 12.5. The first kappa shape index (κ1) is 14.9. The highest BCUT2D eigenvalue weighted by Crippen LogP contribution is 2.22. The van der Waals surface area contributed by atoms with Gasteiger partial charge in [-0.15, -0.1) is 0 Å². The number of quaternary nitrogens is 1. The van der Waals surface area contributed by atoms with Gasteiger partial charge in [0.2, 0.25) is 0 Å². The monoisotopic (exact) mass is 269 g/mol. The number of aromatic nitrogens is 4. The number of nitrogens with zero attached hydrogens (tertiary/aromatic N) is 5. The van der Waals surface area contributed by atoms with Crippen LogP contribution in [0.15, 0.2) is 12.7 Å². The van der Waals surface area contributed by atoms with Crippen LogP contribution in [0.25, 0.3) is 11.2 Å². The van der Waals surface area contributed by atoms with E-state index in [1.807, 2.05) is 6.33 Å². The molecule has 0 N–H and O–H groups in total. The smallest absolute Gasteiger partial charge is 0.258 e. The summed E-state index contributed by atoms with van der Waals surface area (Å²) in [5, 5.41) is 0. The van der Waals surface area contributed by atoms with Crippen molar-refractivity contribution in [1.29, 1.82) is 0 Å². The van der Waals surface area contributed by atoms with E-state index in [4.69, 9.17) is 0 Å². The highest BCUT2D eigenvalue weighted by atomic mass is 35.5. The van der Waals surface area contributed by atoms with E-state index in [-0.39, 0.29) is 12.4 Å². The summed E-state index contributed by atoms with van der Waals surface area (Å²) in [7, 11) is 6.27. The summed E-state index contributed by atoms with van der Waals surface area (Å²) in [4.78, 5) is 13.2. The van der Waals surface area contributed by atoms with Crippen molar-refractivity contribution in [3.63, 3.8) is 0 Å². The lowest BCUT2D eigenvalue weighted by molar-refractivity contribution is -0.00000408. The second kappa shape index (κ2) is 5.63. The molecule has 0 saturated carbocycles. The standard InChI is InChI=1S/C12H20N5.ClH/c1-5-6-7-16-9-15-10-11(16)13-8-14-12(10)17(2,3)4;/h8-9H,5-7H2,1-4H3;1H/q+1;/p-1. The van der Waals surface area contributed by atoms with Crippen molar-refractivity contribution in [3.8, 4) is 0 Å². The van der Waals surface area contributed by atoms with Crippen LogP contribution >= 0.6 is 0 Å². The minimum absolute atomic E-state index is 0. The molecular weight excluding hydrogens is 250 g/mol. The van der Waals surface area contributed by atoms with E-state index in [2.05, 4.69) is 47.6 Å². The van der Waals surface area contributed by atoms with Gasteiger partial charge < -0.3 is 17.0 Å². The molecular formula is C12H20ClN5. The van der Waals surface area contributed by atoms with E-state index in [1.165, 1.54) is 6.42 Å². The molecule has 2 heterocycles. The summed E-state index contributed by atoms with van der Waals surface area (Å²) in [5.41, 5.74) is 1.85. The third kappa shape index (κ3) is 2.79. The van der Waals surface area contributed by atoms with Gasteiger partial charge in [0, 0.05) is 6.54 Å². The number of unbranched alkanes of at least 4 members (excludes halogenated alkanes) is 1. The van der Waals surface area contributed by atoms with Crippen LogP contribution in [0.3, 0.4) is 0 Å². The molecule has 2 rings (SSSR count). The molecule has 0 bridgehead atoms. The van der Waals surface area contributed by atoms with Crippen molar-refractivity contribution in [1.82, 2.24) is 24.0 Å². The number of halogens is 1. The topological polar surface area (TPSA) is 43.6 Å². The molecule has 2 aromatic rings. The Morgan fingerprint density at radius 2 is 1.89 bits per heavy atom. The first-order valence-electron chi connectivity index (χ1n) is 6.02. The van der Waals surface area contributed by atoms with E-state index in [1.54, 1.807) is 6.33 Å². The van der Waals surface area contributed by atoms with Crippen LogP contribution in [0.1, 0.15) is 19.8 Å². The predicted octanol–water partition coefficient (Wildman–Crippen LogP) is -1.17. The number of hydrogen-bond donors (Lipinski definition) is 0. The van der Waals surface area contributed by atoms with Crippen LogP contribution < -0.4 is 16.9 Å². The number of hydrogen-bond acceptors (Lipinski definition) is 3. The van der Waals surface area contributed by atoms with Gasteiger partial charge in [0.15, 0.2) is 11.2 Å². The van der Waals surface area contributed by atoms with Gasteiger partial charge in [-0.25, -0.2) is 9.97 Å². The zero-order valence-electron chi connectivity index (χ0n) is 11.4. The van der Waals surface area contributed by atoms with Crippen LogP contribution in [0.2, 0.25) is 0 Å². The SMILES string of the molecule is CCCCn1cnc2c([N+](C)(C)C)ncnc21.[Cl-]. The Kier molecular flexibility index (Phi) is 4.65. The maximum absolute atomic E-state index is 4.46. The largest absolute Gasteiger partial charge is 1.00 e. The lowest BCUT2D eigenvalue weighted by Crippen LogP contribution is -3.00. The summed E-state index contributed by atoms with van der Waals surface area (Å²) >= 11 is 0. The highest BCUT2D eigenvalue weighted by molar-refractivity contribution is 5.81. The van der Waals surface area contributed by atoms with Gasteiger partial charge in [0.1, 0.15) is 6.33 Å². The first-order valence-corrected chi connectivity index (χ1v) is 6.02. The average Bonchev–Trinajstić information content (AvgIpc) is 2.67. The normalized spacial score (nSPS) is 11.6. The molecule has 0 aromatic carbocycles. The molecule has 0 unspecified atom stereocenters. The quantitative estimate of drug-likeness (QED) is 0.657. The molecule has 0 aliphatic heterocycles. The fourth-order valence-electron chi connectivity index (χ4n) is 1.85. The van der Waals surface area contributed by atoms with Gasteiger partial charge in [-0.05, 0) is 6.42 Å². The predicted molar refractivity (Wildman–Crippen MR) is 69.8 cm³/mol. The summed E-state index contributed by atoms with van der Waals surface area (Å²) in [6.45, 7) is 3.16. The van der Waals surface area contributed by atoms with Crippen LogP contribution in [0.5, 0.6) is 0 Å². The molecule has 0 radical (unpaired) electrons. The second-order valence-electron chi connectivity index (χ2n) is 5.17. The zero-order valence-corrected chi connectivity index (χ0v) is 12.1. The number of imidazole rings is 1. The fourth-order valence-corrected chi connectivity index (χ4v) is 1.85. The van der Waals surface area contributed by atoms with Gasteiger partial charge in [0.05, 0.1) is 27.5 Å². The van der Waals surface area contributed by atoms with Crippen LogP contribution in [-0.2, 0) is 6.54 Å². The van der Waals surface area contributed by atoms with Crippen molar-refractivity contribution in [2.75, 3.05) is 21.1 Å². The van der Waals surface area contributed by atoms with E-state index < -0.39 is 0 Å². The highest BCUT2D eigenvalue weighted by Gasteiger charge is 2.21. The Balaban J connectivity index is 0.00000162. The molecule has 0 saturated heterocycles. The molecule has 0 aliphatic carbocycles. The van der Waals surface area contributed by atoms with Gasteiger partial charge in [0.25, 0.3) is 5.82 Å². The molecule has 0 amide bonds. The summed E-state index contributed by atoms with van der Waals surface area (Å²) in [6, 6.07) is 0. The molecule has 6 heteroatoms. The molecule has 0 fully saturated rings. The molecule has 0 aliphatic rings. The Labute approximate surface area is 114 Å². The number of fused-ring (bicyclic) bond motifs is 1. The van der Waals surface area contributed by atoms with Gasteiger partial charge >= 0.3 is 0 Å². The third-order valence-electron chi connectivity index (χ3n) is 2.77. The van der Waals surface area contributed by atoms with E-state index in [9.17, 15) is 0 Å². The maximum atomic E-state index is 4.46. The lowest BCUT2D eigenvalue weighted by Gasteiger charge is -2.21. The van der Waals surface area contributed by atoms with Crippen molar-refractivity contribution < 1.29 is 12.4 Å². The number of rotatable bonds is 4. The van der Waals surface area contributed by atoms with Crippen molar-refractivity contribution in [2.24, 2.45) is 0 Å². The van der Waals surface area contributed by atoms with Crippen molar-refractivity contribution in [3.05, 3.63) is 12.7 Å². The second-order valence-corrected chi connectivity index (χ2v) is 5.17. The molecule has 18 heavy (non-hydrogen) atoms.